The first-order valence-corrected chi connectivity index (χ1v) is 9.24. The SMILES string of the molecule is COc1ccc2nc(CN3CCC(N4CCNCC4)C3)sc2c1.Cl. The summed E-state index contributed by atoms with van der Waals surface area (Å²) in [6.45, 7) is 8.00. The van der Waals surface area contributed by atoms with Crippen molar-refractivity contribution < 1.29 is 4.74 Å². The van der Waals surface area contributed by atoms with Crippen molar-refractivity contribution in [3.8, 4) is 5.75 Å². The third-order valence-corrected chi connectivity index (χ3v) is 5.92. The Labute approximate surface area is 153 Å². The Morgan fingerprint density at radius 2 is 2.12 bits per heavy atom. The van der Waals surface area contributed by atoms with Gasteiger partial charge in [0.05, 0.1) is 23.9 Å². The highest BCUT2D eigenvalue weighted by atomic mass is 35.5. The smallest absolute Gasteiger partial charge is 0.120 e. The number of nitrogens with one attached hydrogen (secondary N) is 1. The summed E-state index contributed by atoms with van der Waals surface area (Å²) in [5.41, 5.74) is 1.09. The Balaban J connectivity index is 0.00000169. The lowest BCUT2D eigenvalue weighted by atomic mass is 10.2. The maximum Gasteiger partial charge on any atom is 0.120 e. The van der Waals surface area contributed by atoms with Gasteiger partial charge in [-0.05, 0) is 24.6 Å². The van der Waals surface area contributed by atoms with Crippen LogP contribution in [0.15, 0.2) is 18.2 Å². The van der Waals surface area contributed by atoms with Gasteiger partial charge in [-0.3, -0.25) is 9.80 Å². The average Bonchev–Trinajstić information content (AvgIpc) is 3.21. The van der Waals surface area contributed by atoms with E-state index in [0.29, 0.717) is 0 Å². The molecule has 0 aliphatic carbocycles. The number of nitrogens with zero attached hydrogens (tertiary/aromatic N) is 3. The molecule has 3 heterocycles. The monoisotopic (exact) mass is 368 g/mol. The minimum atomic E-state index is 0. The zero-order valence-electron chi connectivity index (χ0n) is 14.0. The first-order chi connectivity index (χ1) is 11.3. The molecule has 1 unspecified atom stereocenters. The molecule has 132 valence electrons. The molecule has 1 N–H and O–H groups in total. The van der Waals surface area contributed by atoms with E-state index in [1.54, 1.807) is 18.4 Å². The fraction of sp³-hybridized carbons (Fsp3) is 0.588. The normalized spacial score (nSPS) is 22.6. The molecule has 4 rings (SSSR count). The Morgan fingerprint density at radius 1 is 1.29 bits per heavy atom. The number of likely N-dealkylation sites (tertiary alicyclic amines) is 1. The number of ether oxygens (including phenoxy) is 1. The van der Waals surface area contributed by atoms with E-state index in [-0.39, 0.29) is 12.4 Å². The summed E-state index contributed by atoms with van der Waals surface area (Å²) in [6.07, 6.45) is 1.29. The molecule has 2 fully saturated rings. The number of benzene rings is 1. The molecule has 0 amide bonds. The maximum atomic E-state index is 5.30. The van der Waals surface area contributed by atoms with E-state index in [2.05, 4.69) is 27.2 Å². The fourth-order valence-electron chi connectivity index (χ4n) is 3.64. The van der Waals surface area contributed by atoms with Crippen LogP contribution in [0, 0.1) is 0 Å². The van der Waals surface area contributed by atoms with Crippen LogP contribution < -0.4 is 10.1 Å². The number of rotatable bonds is 4. The Hall–Kier alpha value is -0.920. The number of hydrogen-bond donors (Lipinski definition) is 1. The van der Waals surface area contributed by atoms with Gasteiger partial charge in [-0.1, -0.05) is 0 Å². The topological polar surface area (TPSA) is 40.6 Å². The van der Waals surface area contributed by atoms with E-state index in [1.807, 2.05) is 6.07 Å². The van der Waals surface area contributed by atoms with E-state index in [9.17, 15) is 0 Å². The number of thiazole rings is 1. The van der Waals surface area contributed by atoms with Gasteiger partial charge in [-0.2, -0.15) is 0 Å². The minimum absolute atomic E-state index is 0. The van der Waals surface area contributed by atoms with Crippen molar-refractivity contribution in [3.05, 3.63) is 23.2 Å². The van der Waals surface area contributed by atoms with Crippen molar-refractivity contribution in [3.63, 3.8) is 0 Å². The molecule has 5 nitrogen and oxygen atoms in total. The molecule has 1 aromatic heterocycles. The lowest BCUT2D eigenvalue weighted by Gasteiger charge is -2.32. The van der Waals surface area contributed by atoms with Gasteiger partial charge in [0.1, 0.15) is 10.8 Å². The summed E-state index contributed by atoms with van der Waals surface area (Å²) >= 11 is 1.79. The zero-order valence-corrected chi connectivity index (χ0v) is 15.7. The Bertz CT molecular complexity index is 674. The molecule has 2 aliphatic rings. The second-order valence-electron chi connectivity index (χ2n) is 6.40. The van der Waals surface area contributed by atoms with E-state index < -0.39 is 0 Å². The van der Waals surface area contributed by atoms with Gasteiger partial charge in [0, 0.05) is 45.3 Å². The molecule has 0 radical (unpaired) electrons. The molecule has 0 bridgehead atoms. The van der Waals surface area contributed by atoms with Gasteiger partial charge in [0.2, 0.25) is 0 Å². The third kappa shape index (κ3) is 3.83. The lowest BCUT2D eigenvalue weighted by molar-refractivity contribution is 0.170. The van der Waals surface area contributed by atoms with Gasteiger partial charge in [-0.25, -0.2) is 4.98 Å². The van der Waals surface area contributed by atoms with E-state index in [1.165, 1.54) is 42.3 Å². The molecule has 0 saturated carbocycles. The van der Waals surface area contributed by atoms with Crippen molar-refractivity contribution in [1.82, 2.24) is 20.1 Å². The quantitative estimate of drug-likeness (QED) is 0.896. The molecule has 1 atom stereocenters. The Kier molecular flexibility index (Phi) is 5.94. The van der Waals surface area contributed by atoms with Crippen LogP contribution in [-0.4, -0.2) is 67.2 Å². The first kappa shape index (κ1) is 17.9. The maximum absolute atomic E-state index is 5.30. The largest absolute Gasteiger partial charge is 0.497 e. The van der Waals surface area contributed by atoms with Crippen LogP contribution in [0.25, 0.3) is 10.2 Å². The predicted molar refractivity (Wildman–Crippen MR) is 102 cm³/mol. The number of piperazine rings is 1. The van der Waals surface area contributed by atoms with Crippen LogP contribution >= 0.6 is 23.7 Å². The van der Waals surface area contributed by atoms with Crippen LogP contribution in [0.3, 0.4) is 0 Å². The van der Waals surface area contributed by atoms with E-state index >= 15 is 0 Å². The molecular weight excluding hydrogens is 344 g/mol. The Morgan fingerprint density at radius 3 is 2.92 bits per heavy atom. The van der Waals surface area contributed by atoms with Crippen LogP contribution in [0.5, 0.6) is 5.75 Å². The number of hydrogen-bond acceptors (Lipinski definition) is 6. The highest BCUT2D eigenvalue weighted by Crippen LogP contribution is 2.28. The zero-order chi connectivity index (χ0) is 15.6. The van der Waals surface area contributed by atoms with Gasteiger partial charge < -0.3 is 10.1 Å². The van der Waals surface area contributed by atoms with Crippen LogP contribution in [0.2, 0.25) is 0 Å². The standard InChI is InChI=1S/C17H24N4OS.ClH/c1-22-14-2-3-15-16(10-14)23-17(19-15)12-20-7-4-13(11-20)21-8-5-18-6-9-21;/h2-3,10,13,18H,4-9,11-12H2,1H3;1H. The average molecular weight is 369 g/mol. The van der Waals surface area contributed by atoms with Crippen molar-refractivity contribution in [1.29, 1.82) is 0 Å². The van der Waals surface area contributed by atoms with Gasteiger partial charge in [-0.15, -0.1) is 23.7 Å². The molecule has 7 heteroatoms. The molecule has 24 heavy (non-hydrogen) atoms. The summed E-state index contributed by atoms with van der Waals surface area (Å²) in [4.78, 5) is 10.00. The van der Waals surface area contributed by atoms with Crippen molar-refractivity contribution >= 4 is 34.0 Å². The first-order valence-electron chi connectivity index (χ1n) is 8.42. The summed E-state index contributed by atoms with van der Waals surface area (Å²) in [6, 6.07) is 6.86. The number of aromatic nitrogens is 1. The van der Waals surface area contributed by atoms with E-state index in [0.717, 1.165) is 36.9 Å². The highest BCUT2D eigenvalue weighted by Gasteiger charge is 2.28. The van der Waals surface area contributed by atoms with Crippen molar-refractivity contribution in [2.24, 2.45) is 0 Å². The van der Waals surface area contributed by atoms with E-state index in [4.69, 9.17) is 9.72 Å². The lowest BCUT2D eigenvalue weighted by Crippen LogP contribution is -2.49. The summed E-state index contributed by atoms with van der Waals surface area (Å²) < 4.78 is 6.52. The summed E-state index contributed by atoms with van der Waals surface area (Å²) in [5, 5.41) is 4.66. The molecule has 2 aliphatic heterocycles. The third-order valence-electron chi connectivity index (χ3n) is 4.91. The number of methoxy groups -OCH3 is 1. The molecule has 2 aromatic rings. The number of fused-ring (bicyclic) bond motifs is 1. The van der Waals surface area contributed by atoms with Crippen LogP contribution in [0.1, 0.15) is 11.4 Å². The van der Waals surface area contributed by atoms with Gasteiger partial charge in [0.15, 0.2) is 0 Å². The molecular formula is C17H25ClN4OS. The summed E-state index contributed by atoms with van der Waals surface area (Å²) in [5.74, 6) is 0.910. The van der Waals surface area contributed by atoms with Crippen molar-refractivity contribution in [2.75, 3.05) is 46.4 Å². The second kappa shape index (κ2) is 7.97. The fourth-order valence-corrected chi connectivity index (χ4v) is 4.68. The highest BCUT2D eigenvalue weighted by molar-refractivity contribution is 7.18. The number of halogens is 1. The van der Waals surface area contributed by atoms with Crippen LogP contribution in [0.4, 0.5) is 0 Å². The van der Waals surface area contributed by atoms with Gasteiger partial charge >= 0.3 is 0 Å². The van der Waals surface area contributed by atoms with Crippen molar-refractivity contribution in [2.45, 2.75) is 19.0 Å². The molecule has 2 saturated heterocycles. The molecule has 1 aromatic carbocycles. The minimum Gasteiger partial charge on any atom is -0.497 e. The predicted octanol–water partition coefficient (Wildman–Crippen LogP) is 2.21. The second-order valence-corrected chi connectivity index (χ2v) is 7.52. The summed E-state index contributed by atoms with van der Waals surface area (Å²) in [7, 11) is 1.71. The van der Waals surface area contributed by atoms with Crippen LogP contribution in [-0.2, 0) is 6.54 Å². The molecule has 0 spiro atoms. The van der Waals surface area contributed by atoms with Gasteiger partial charge in [0.25, 0.3) is 0 Å².